The lowest BCUT2D eigenvalue weighted by Crippen LogP contribution is -2.19. The number of hydrogen-bond donors (Lipinski definition) is 1. The number of benzene rings is 1. The maximum absolute atomic E-state index is 10.4. The van der Waals surface area contributed by atoms with Crippen molar-refractivity contribution in [2.24, 2.45) is 0 Å². The van der Waals surface area contributed by atoms with Crippen LogP contribution < -0.4 is 0 Å². The van der Waals surface area contributed by atoms with Crippen LogP contribution in [0, 0.1) is 13.8 Å². The molecule has 6 heteroatoms. The number of rotatable bonds is 3. The van der Waals surface area contributed by atoms with Crippen LogP contribution >= 0.6 is 0 Å². The van der Waals surface area contributed by atoms with Crippen molar-refractivity contribution in [2.45, 2.75) is 33.2 Å². The Morgan fingerprint density at radius 1 is 1.07 bits per heavy atom. The molecule has 1 N–H and O–H groups in total. The van der Waals surface area contributed by atoms with Gasteiger partial charge in [0.1, 0.15) is 5.60 Å². The third-order valence-electron chi connectivity index (χ3n) is 4.60. The molecule has 0 bridgehead atoms. The van der Waals surface area contributed by atoms with Gasteiger partial charge in [-0.05, 0) is 56.4 Å². The van der Waals surface area contributed by atoms with Gasteiger partial charge in [-0.3, -0.25) is 4.98 Å². The average Bonchev–Trinajstić information content (AvgIpc) is 3.11. The van der Waals surface area contributed by atoms with Gasteiger partial charge in [0.25, 0.3) is 5.78 Å². The molecule has 3 aromatic heterocycles. The summed E-state index contributed by atoms with van der Waals surface area (Å²) in [4.78, 5) is 12.8. The molecule has 0 aliphatic carbocycles. The SMILES string of the molecule is [2H]C([2H])([2H])C(C)(O)c1cnn2c(-c3ccc(C)c(-c4cnccc4C)c3)cnc2n1. The zero-order chi connectivity index (χ0) is 21.7. The highest BCUT2D eigenvalue weighted by molar-refractivity contribution is 5.76. The molecule has 1 atom stereocenters. The van der Waals surface area contributed by atoms with E-state index in [0.717, 1.165) is 27.8 Å². The summed E-state index contributed by atoms with van der Waals surface area (Å²) in [7, 11) is 0. The second kappa shape index (κ2) is 6.25. The Morgan fingerprint density at radius 3 is 2.67 bits per heavy atom. The summed E-state index contributed by atoms with van der Waals surface area (Å²) in [5, 5.41) is 14.7. The van der Waals surface area contributed by atoms with Gasteiger partial charge in [-0.25, -0.2) is 9.97 Å². The van der Waals surface area contributed by atoms with Crippen LogP contribution in [0.3, 0.4) is 0 Å². The van der Waals surface area contributed by atoms with E-state index in [1.165, 1.54) is 17.6 Å². The van der Waals surface area contributed by atoms with Crippen LogP contribution in [0.5, 0.6) is 0 Å². The molecule has 0 aliphatic heterocycles. The van der Waals surface area contributed by atoms with E-state index in [9.17, 15) is 5.11 Å². The molecular weight excluding hydrogens is 338 g/mol. The lowest BCUT2D eigenvalue weighted by Gasteiger charge is -2.15. The number of fused-ring (bicyclic) bond motifs is 1. The molecule has 0 aliphatic rings. The highest BCUT2D eigenvalue weighted by atomic mass is 16.3. The van der Waals surface area contributed by atoms with Crippen LogP contribution in [0.1, 0.15) is 34.7 Å². The minimum Gasteiger partial charge on any atom is -0.384 e. The lowest BCUT2D eigenvalue weighted by molar-refractivity contribution is 0.0734. The van der Waals surface area contributed by atoms with Crippen LogP contribution in [-0.2, 0) is 5.60 Å². The molecule has 136 valence electrons. The van der Waals surface area contributed by atoms with Gasteiger partial charge >= 0.3 is 0 Å². The predicted octanol–water partition coefficient (Wildman–Crippen LogP) is 3.70. The summed E-state index contributed by atoms with van der Waals surface area (Å²) in [6.07, 6.45) is 6.52. The Kier molecular flexibility index (Phi) is 3.24. The standard InChI is InChI=1S/C21H21N5O/c1-13-5-6-15(9-16(13)17-10-22-8-7-14(17)2)18-11-23-20-25-19(21(3,4)27)12-24-26(18)20/h5-12,27H,1-4H3/i3D3. The van der Waals surface area contributed by atoms with E-state index in [4.69, 9.17) is 4.11 Å². The fraction of sp³-hybridized carbons (Fsp3) is 0.238. The highest BCUT2D eigenvalue weighted by Crippen LogP contribution is 2.31. The first kappa shape index (κ1) is 14.0. The van der Waals surface area contributed by atoms with Gasteiger partial charge in [-0.2, -0.15) is 9.61 Å². The van der Waals surface area contributed by atoms with Gasteiger partial charge in [0.05, 0.1) is 23.8 Å². The summed E-state index contributed by atoms with van der Waals surface area (Å²) in [5.41, 5.74) is 3.77. The van der Waals surface area contributed by atoms with Gasteiger partial charge in [0.15, 0.2) is 0 Å². The van der Waals surface area contributed by atoms with Crippen LogP contribution in [0.15, 0.2) is 49.1 Å². The highest BCUT2D eigenvalue weighted by Gasteiger charge is 2.20. The van der Waals surface area contributed by atoms with Gasteiger partial charge < -0.3 is 5.11 Å². The molecule has 0 saturated heterocycles. The molecule has 0 amide bonds. The van der Waals surface area contributed by atoms with Crippen LogP contribution in [0.25, 0.3) is 28.2 Å². The molecule has 0 fully saturated rings. The van der Waals surface area contributed by atoms with Crippen LogP contribution in [0.2, 0.25) is 0 Å². The second-order valence-electron chi connectivity index (χ2n) is 6.79. The zero-order valence-electron chi connectivity index (χ0n) is 18.3. The molecule has 4 aromatic rings. The fourth-order valence-electron chi connectivity index (χ4n) is 3.02. The molecule has 0 spiro atoms. The number of aryl methyl sites for hydroxylation is 2. The molecule has 27 heavy (non-hydrogen) atoms. The molecule has 0 radical (unpaired) electrons. The maximum atomic E-state index is 10.4. The van der Waals surface area contributed by atoms with Gasteiger partial charge in [-0.15, -0.1) is 0 Å². The Morgan fingerprint density at radius 2 is 1.89 bits per heavy atom. The Labute approximate surface area is 161 Å². The summed E-state index contributed by atoms with van der Waals surface area (Å²) in [6.45, 7) is 2.65. The molecule has 1 aromatic carbocycles. The van der Waals surface area contributed by atoms with Crippen LogP contribution in [-0.4, -0.2) is 29.7 Å². The molecule has 3 heterocycles. The number of hydrogen-bond acceptors (Lipinski definition) is 5. The van der Waals surface area contributed by atoms with Crippen molar-refractivity contribution in [1.82, 2.24) is 24.6 Å². The van der Waals surface area contributed by atoms with E-state index in [1.807, 2.05) is 38.2 Å². The van der Waals surface area contributed by atoms with Crippen molar-refractivity contribution in [2.75, 3.05) is 0 Å². The quantitative estimate of drug-likeness (QED) is 0.601. The Bertz CT molecular complexity index is 1250. The van der Waals surface area contributed by atoms with Crippen LogP contribution in [0.4, 0.5) is 0 Å². The van der Waals surface area contributed by atoms with Crippen molar-refractivity contribution in [3.05, 3.63) is 65.9 Å². The van der Waals surface area contributed by atoms with Crippen molar-refractivity contribution in [1.29, 1.82) is 0 Å². The first-order valence-corrected chi connectivity index (χ1v) is 8.55. The van der Waals surface area contributed by atoms with Gasteiger partial charge in [-0.1, -0.05) is 12.1 Å². The van der Waals surface area contributed by atoms with Crippen molar-refractivity contribution >= 4 is 5.78 Å². The predicted molar refractivity (Wildman–Crippen MR) is 104 cm³/mol. The average molecular weight is 362 g/mol. The number of imidazole rings is 1. The first-order chi connectivity index (χ1) is 14.1. The lowest BCUT2D eigenvalue weighted by atomic mass is 9.96. The fourth-order valence-corrected chi connectivity index (χ4v) is 3.02. The minimum atomic E-state index is -2.64. The zero-order valence-corrected chi connectivity index (χ0v) is 15.3. The third kappa shape index (κ3) is 3.08. The summed E-state index contributed by atoms with van der Waals surface area (Å²) >= 11 is 0. The topological polar surface area (TPSA) is 76.2 Å². The molecule has 1 unspecified atom stereocenters. The van der Waals surface area contributed by atoms with E-state index in [2.05, 4.69) is 26.1 Å². The maximum Gasteiger partial charge on any atom is 0.251 e. The number of aliphatic hydroxyl groups is 1. The first-order valence-electron chi connectivity index (χ1n) is 10.1. The molecule has 4 rings (SSSR count). The van der Waals surface area contributed by atoms with Crippen molar-refractivity contribution < 1.29 is 9.22 Å². The molecular formula is C21H21N5O. The number of nitrogens with zero attached hydrogens (tertiary/aromatic N) is 5. The Balaban J connectivity index is 1.82. The summed E-state index contributed by atoms with van der Waals surface area (Å²) in [5.74, 6) is 0.215. The minimum absolute atomic E-state index is 0.0530. The third-order valence-corrected chi connectivity index (χ3v) is 4.60. The van der Waals surface area contributed by atoms with E-state index in [0.29, 0.717) is 5.69 Å². The summed E-state index contributed by atoms with van der Waals surface area (Å²) in [6, 6.07) is 8.02. The normalized spacial score (nSPS) is 15.8. The van der Waals surface area contributed by atoms with E-state index >= 15 is 0 Å². The largest absolute Gasteiger partial charge is 0.384 e. The number of pyridine rings is 1. The second-order valence-corrected chi connectivity index (χ2v) is 6.79. The molecule has 6 nitrogen and oxygen atoms in total. The monoisotopic (exact) mass is 362 g/mol. The van der Waals surface area contributed by atoms with E-state index < -0.39 is 12.5 Å². The van der Waals surface area contributed by atoms with Gasteiger partial charge in [0.2, 0.25) is 0 Å². The van der Waals surface area contributed by atoms with Crippen molar-refractivity contribution in [3.63, 3.8) is 0 Å². The van der Waals surface area contributed by atoms with E-state index in [1.54, 1.807) is 12.4 Å². The van der Waals surface area contributed by atoms with E-state index in [-0.39, 0.29) is 11.5 Å². The van der Waals surface area contributed by atoms with Crippen molar-refractivity contribution in [3.8, 4) is 22.4 Å². The molecule has 0 saturated carbocycles. The smallest absolute Gasteiger partial charge is 0.251 e. The number of aromatic nitrogens is 5. The Hall–Kier alpha value is -3.12. The van der Waals surface area contributed by atoms with Gasteiger partial charge in [0, 0.05) is 27.6 Å². The summed E-state index contributed by atoms with van der Waals surface area (Å²) < 4.78 is 24.2.